The molecule has 0 spiro atoms. The van der Waals surface area contributed by atoms with Gasteiger partial charge in [-0.25, -0.2) is 0 Å². The van der Waals surface area contributed by atoms with Crippen LogP contribution in [0.3, 0.4) is 0 Å². The Balaban J connectivity index is 2.41. The van der Waals surface area contributed by atoms with Crippen molar-refractivity contribution in [3.63, 3.8) is 0 Å². The number of methoxy groups -OCH3 is 1. The minimum absolute atomic E-state index is 0.141. The molecule has 0 saturated heterocycles. The molecule has 1 aliphatic rings. The van der Waals surface area contributed by atoms with E-state index in [0.717, 1.165) is 36.5 Å². The monoisotopic (exact) mass is 248 g/mol. The van der Waals surface area contributed by atoms with E-state index in [1.54, 1.807) is 7.11 Å². The third-order valence-corrected chi connectivity index (χ3v) is 3.21. The van der Waals surface area contributed by atoms with Crippen molar-refractivity contribution in [3.05, 3.63) is 23.8 Å². The van der Waals surface area contributed by atoms with Gasteiger partial charge in [-0.3, -0.25) is 4.79 Å². The first kappa shape index (κ1) is 12.9. The molecule has 1 aliphatic heterocycles. The molecule has 98 valence electrons. The molecule has 0 bridgehead atoms. The first-order chi connectivity index (χ1) is 8.72. The van der Waals surface area contributed by atoms with Crippen LogP contribution in [0.2, 0.25) is 0 Å². The van der Waals surface area contributed by atoms with Gasteiger partial charge in [-0.15, -0.1) is 0 Å². The van der Waals surface area contributed by atoms with Gasteiger partial charge in [0.05, 0.1) is 12.8 Å². The van der Waals surface area contributed by atoms with Crippen LogP contribution < -0.4 is 15.0 Å². The summed E-state index contributed by atoms with van der Waals surface area (Å²) in [6.07, 6.45) is 0.946. The van der Waals surface area contributed by atoms with Crippen LogP contribution in [0.1, 0.15) is 31.9 Å². The summed E-state index contributed by atoms with van der Waals surface area (Å²) < 4.78 is 5.24. The van der Waals surface area contributed by atoms with E-state index in [9.17, 15) is 4.79 Å². The molecular weight excluding hydrogens is 228 g/mol. The number of likely N-dealkylation sites (N-methyl/N-ethyl adjacent to an activating group) is 1. The lowest BCUT2D eigenvalue weighted by atomic mass is 10.1. The number of ether oxygens (including phenoxy) is 1. The smallest absolute Gasteiger partial charge is 0.248 e. The molecule has 4 nitrogen and oxygen atoms in total. The number of fused-ring (bicyclic) bond motifs is 1. The van der Waals surface area contributed by atoms with Gasteiger partial charge in [0.2, 0.25) is 5.91 Å². The highest BCUT2D eigenvalue weighted by Gasteiger charge is 2.36. The van der Waals surface area contributed by atoms with E-state index in [2.05, 4.69) is 12.2 Å². The van der Waals surface area contributed by atoms with Gasteiger partial charge in [-0.2, -0.15) is 0 Å². The Kier molecular flexibility index (Phi) is 3.87. The average Bonchev–Trinajstić information content (AvgIpc) is 2.64. The summed E-state index contributed by atoms with van der Waals surface area (Å²) in [5.41, 5.74) is 2.03. The maximum atomic E-state index is 12.4. The molecule has 18 heavy (non-hydrogen) atoms. The minimum Gasteiger partial charge on any atom is -0.497 e. The third-order valence-electron chi connectivity index (χ3n) is 3.21. The van der Waals surface area contributed by atoms with Crippen molar-refractivity contribution in [2.45, 2.75) is 26.3 Å². The number of anilines is 1. The Hall–Kier alpha value is -1.55. The lowest BCUT2D eigenvalue weighted by molar-refractivity contribution is -0.120. The molecule has 1 amide bonds. The highest BCUT2D eigenvalue weighted by atomic mass is 16.5. The number of nitrogens with one attached hydrogen (secondary N) is 1. The second-order valence-electron chi connectivity index (χ2n) is 4.41. The molecule has 0 radical (unpaired) electrons. The van der Waals surface area contributed by atoms with Crippen LogP contribution in [0.25, 0.3) is 0 Å². The van der Waals surface area contributed by atoms with Crippen LogP contribution in [0.15, 0.2) is 18.2 Å². The minimum atomic E-state index is -0.206. The van der Waals surface area contributed by atoms with Crippen LogP contribution >= 0.6 is 0 Å². The summed E-state index contributed by atoms with van der Waals surface area (Å²) in [5.74, 6) is 0.932. The third kappa shape index (κ3) is 2.08. The van der Waals surface area contributed by atoms with E-state index in [4.69, 9.17) is 4.74 Å². The molecule has 1 heterocycles. The molecule has 0 aromatic heterocycles. The Bertz CT molecular complexity index is 445. The largest absolute Gasteiger partial charge is 0.497 e. The molecular formula is C14H20N2O2. The topological polar surface area (TPSA) is 41.6 Å². The van der Waals surface area contributed by atoms with E-state index in [1.165, 1.54) is 0 Å². The maximum Gasteiger partial charge on any atom is 0.248 e. The van der Waals surface area contributed by atoms with Crippen molar-refractivity contribution in [2.75, 3.05) is 25.1 Å². The van der Waals surface area contributed by atoms with E-state index in [-0.39, 0.29) is 11.9 Å². The van der Waals surface area contributed by atoms with Gasteiger partial charge >= 0.3 is 0 Å². The number of amides is 1. The molecule has 1 aromatic rings. The van der Waals surface area contributed by atoms with Gasteiger partial charge in [0, 0.05) is 18.2 Å². The fourth-order valence-corrected chi connectivity index (χ4v) is 2.39. The van der Waals surface area contributed by atoms with Crippen molar-refractivity contribution in [1.29, 1.82) is 0 Å². The van der Waals surface area contributed by atoms with Gasteiger partial charge < -0.3 is 15.0 Å². The Morgan fingerprint density at radius 1 is 1.39 bits per heavy atom. The Morgan fingerprint density at radius 3 is 2.78 bits per heavy atom. The van der Waals surface area contributed by atoms with Crippen molar-refractivity contribution >= 4 is 11.6 Å². The van der Waals surface area contributed by atoms with E-state index >= 15 is 0 Å². The number of carbonyl (C=O) groups excluding carboxylic acids is 1. The van der Waals surface area contributed by atoms with Crippen LogP contribution in [0.4, 0.5) is 5.69 Å². The maximum absolute atomic E-state index is 12.4. The molecule has 4 heteroatoms. The molecule has 1 aromatic carbocycles. The predicted octanol–water partition coefficient (Wildman–Crippen LogP) is 2.10. The van der Waals surface area contributed by atoms with Gasteiger partial charge in [0.1, 0.15) is 11.8 Å². The zero-order valence-electron chi connectivity index (χ0n) is 11.2. The van der Waals surface area contributed by atoms with E-state index in [1.807, 2.05) is 30.0 Å². The van der Waals surface area contributed by atoms with E-state index < -0.39 is 0 Å². The predicted molar refractivity (Wildman–Crippen MR) is 72.1 cm³/mol. The second-order valence-corrected chi connectivity index (χ2v) is 4.41. The molecule has 1 unspecified atom stereocenters. The van der Waals surface area contributed by atoms with Crippen molar-refractivity contribution in [1.82, 2.24) is 5.32 Å². The van der Waals surface area contributed by atoms with Crippen molar-refractivity contribution in [3.8, 4) is 5.75 Å². The summed E-state index contributed by atoms with van der Waals surface area (Å²) in [6.45, 7) is 5.62. The van der Waals surface area contributed by atoms with Crippen molar-refractivity contribution in [2.24, 2.45) is 0 Å². The number of hydrogen-bond acceptors (Lipinski definition) is 3. The summed E-state index contributed by atoms with van der Waals surface area (Å²) in [5, 5.41) is 3.24. The van der Waals surface area contributed by atoms with Gasteiger partial charge in [-0.05, 0) is 19.0 Å². The molecule has 0 saturated carbocycles. The number of carbonyl (C=O) groups is 1. The number of rotatable bonds is 5. The van der Waals surface area contributed by atoms with E-state index in [0.29, 0.717) is 0 Å². The van der Waals surface area contributed by atoms with Crippen LogP contribution in [0, 0.1) is 0 Å². The molecule has 1 N–H and O–H groups in total. The fraction of sp³-hybridized carbons (Fsp3) is 0.500. The summed E-state index contributed by atoms with van der Waals surface area (Å²) >= 11 is 0. The normalized spacial score (nSPS) is 18.1. The molecule has 1 atom stereocenters. The number of nitrogens with zero attached hydrogens (tertiary/aromatic N) is 1. The first-order valence-corrected chi connectivity index (χ1v) is 6.45. The number of hydrogen-bond donors (Lipinski definition) is 1. The van der Waals surface area contributed by atoms with Crippen LogP contribution in [-0.4, -0.2) is 26.1 Å². The molecule has 2 rings (SSSR count). The zero-order valence-corrected chi connectivity index (χ0v) is 11.2. The quantitative estimate of drug-likeness (QED) is 0.867. The summed E-state index contributed by atoms with van der Waals surface area (Å²) in [4.78, 5) is 14.2. The fourth-order valence-electron chi connectivity index (χ4n) is 2.39. The SMILES string of the molecule is CCCN1C(=O)C(NCC)c2ccc(OC)cc21. The lowest BCUT2D eigenvalue weighted by Gasteiger charge is -2.17. The zero-order chi connectivity index (χ0) is 13.1. The average molecular weight is 248 g/mol. The summed E-state index contributed by atoms with van der Waals surface area (Å²) in [6, 6.07) is 5.63. The standard InChI is InChI=1S/C14H20N2O2/c1-4-8-16-12-9-10(18-3)6-7-11(12)13(14(16)17)15-5-2/h6-7,9,13,15H,4-5,8H2,1-3H3. The molecule has 0 aliphatic carbocycles. The summed E-state index contributed by atoms with van der Waals surface area (Å²) in [7, 11) is 1.64. The van der Waals surface area contributed by atoms with Gasteiger partial charge in [-0.1, -0.05) is 19.9 Å². The molecule has 0 fully saturated rings. The lowest BCUT2D eigenvalue weighted by Crippen LogP contribution is -2.35. The highest BCUT2D eigenvalue weighted by Crippen LogP contribution is 2.38. The van der Waals surface area contributed by atoms with Crippen LogP contribution in [0.5, 0.6) is 5.75 Å². The number of benzene rings is 1. The van der Waals surface area contributed by atoms with Crippen molar-refractivity contribution < 1.29 is 9.53 Å². The first-order valence-electron chi connectivity index (χ1n) is 6.45. The van der Waals surface area contributed by atoms with Crippen LogP contribution in [-0.2, 0) is 4.79 Å². The Labute approximate surface area is 108 Å². The Morgan fingerprint density at radius 2 is 2.17 bits per heavy atom. The van der Waals surface area contributed by atoms with Gasteiger partial charge in [0.25, 0.3) is 0 Å². The van der Waals surface area contributed by atoms with Gasteiger partial charge in [0.15, 0.2) is 0 Å². The highest BCUT2D eigenvalue weighted by molar-refractivity contribution is 6.04. The second kappa shape index (κ2) is 5.40.